The van der Waals surface area contributed by atoms with Gasteiger partial charge >= 0.3 is 0 Å². The predicted molar refractivity (Wildman–Crippen MR) is 90.8 cm³/mol. The van der Waals surface area contributed by atoms with Gasteiger partial charge in [-0.2, -0.15) is 5.10 Å². The van der Waals surface area contributed by atoms with Crippen LogP contribution in [0.5, 0.6) is 0 Å². The van der Waals surface area contributed by atoms with Crippen molar-refractivity contribution in [2.75, 3.05) is 13.6 Å². The Morgan fingerprint density at radius 3 is 2.52 bits per heavy atom. The lowest BCUT2D eigenvalue weighted by Crippen LogP contribution is -2.20. The summed E-state index contributed by atoms with van der Waals surface area (Å²) in [6.07, 6.45) is 8.63. The van der Waals surface area contributed by atoms with Crippen LogP contribution in [0.1, 0.15) is 16.7 Å². The molecule has 0 aliphatic heterocycles. The molecule has 0 saturated heterocycles. The number of H-pyrrole nitrogens is 1. The maximum Gasteiger partial charge on any atom is 0.159 e. The van der Waals surface area contributed by atoms with Gasteiger partial charge in [0.05, 0.1) is 6.20 Å². The molecule has 1 aromatic carbocycles. The van der Waals surface area contributed by atoms with E-state index >= 15 is 0 Å². The molecule has 2 aromatic heterocycles. The summed E-state index contributed by atoms with van der Waals surface area (Å²) in [5.41, 5.74) is 4.63. The predicted octanol–water partition coefficient (Wildman–Crippen LogP) is 2.85. The Kier molecular flexibility index (Phi) is 4.78. The summed E-state index contributed by atoms with van der Waals surface area (Å²) in [4.78, 5) is 11.3. The molecule has 0 spiro atoms. The molecule has 118 valence electrons. The van der Waals surface area contributed by atoms with Crippen LogP contribution < -0.4 is 0 Å². The van der Waals surface area contributed by atoms with Crippen LogP contribution in [0.3, 0.4) is 0 Å². The van der Waals surface area contributed by atoms with E-state index in [1.807, 2.05) is 36.9 Å². The number of hydrogen-bond acceptors (Lipinski definition) is 4. The minimum Gasteiger partial charge on any atom is -0.302 e. The number of aryl methyl sites for hydroxylation is 1. The fourth-order valence-corrected chi connectivity index (χ4v) is 2.52. The van der Waals surface area contributed by atoms with Crippen LogP contribution in [-0.2, 0) is 13.0 Å². The highest BCUT2D eigenvalue weighted by Crippen LogP contribution is 2.18. The molecule has 3 rings (SSSR count). The third-order valence-electron chi connectivity index (χ3n) is 3.88. The van der Waals surface area contributed by atoms with Crippen molar-refractivity contribution in [2.24, 2.45) is 0 Å². The molecule has 0 radical (unpaired) electrons. The number of likely N-dealkylation sites (N-methyl/N-ethyl adjacent to an activating group) is 1. The van der Waals surface area contributed by atoms with Gasteiger partial charge in [0.1, 0.15) is 0 Å². The van der Waals surface area contributed by atoms with E-state index in [9.17, 15) is 0 Å². The highest BCUT2D eigenvalue weighted by Gasteiger charge is 2.06. The lowest BCUT2D eigenvalue weighted by Gasteiger charge is -2.15. The van der Waals surface area contributed by atoms with Gasteiger partial charge in [-0.1, -0.05) is 24.3 Å². The molecule has 0 saturated carbocycles. The molecule has 0 amide bonds. The number of nitrogens with one attached hydrogen (secondary N) is 1. The molecule has 5 nitrogen and oxygen atoms in total. The zero-order valence-corrected chi connectivity index (χ0v) is 13.5. The Morgan fingerprint density at radius 2 is 1.83 bits per heavy atom. The van der Waals surface area contributed by atoms with Gasteiger partial charge in [-0.3, -0.25) is 5.10 Å². The van der Waals surface area contributed by atoms with Crippen molar-refractivity contribution in [2.45, 2.75) is 19.9 Å². The van der Waals surface area contributed by atoms with Gasteiger partial charge in [-0.25, -0.2) is 9.97 Å². The number of hydrogen-bond donors (Lipinski definition) is 1. The van der Waals surface area contributed by atoms with Gasteiger partial charge < -0.3 is 4.90 Å². The zero-order chi connectivity index (χ0) is 16.1. The Morgan fingerprint density at radius 1 is 1.04 bits per heavy atom. The second-order valence-corrected chi connectivity index (χ2v) is 5.82. The smallest absolute Gasteiger partial charge is 0.159 e. The van der Waals surface area contributed by atoms with E-state index in [1.54, 1.807) is 0 Å². The van der Waals surface area contributed by atoms with Crippen LogP contribution in [0.15, 0.2) is 49.1 Å². The SMILES string of the molecule is Cc1ccccc1-c1ncc(CN(C)CCc2cn[nH]c2)cn1. The molecule has 2 heterocycles. The molecule has 0 atom stereocenters. The first-order valence-electron chi connectivity index (χ1n) is 7.75. The largest absolute Gasteiger partial charge is 0.302 e. The quantitative estimate of drug-likeness (QED) is 0.761. The second-order valence-electron chi connectivity index (χ2n) is 5.82. The monoisotopic (exact) mass is 307 g/mol. The number of rotatable bonds is 6. The van der Waals surface area contributed by atoms with Crippen LogP contribution in [0.4, 0.5) is 0 Å². The molecule has 23 heavy (non-hydrogen) atoms. The van der Waals surface area contributed by atoms with Crippen LogP contribution >= 0.6 is 0 Å². The second kappa shape index (κ2) is 7.15. The van der Waals surface area contributed by atoms with Crippen molar-refractivity contribution in [1.29, 1.82) is 0 Å². The number of aromatic amines is 1. The van der Waals surface area contributed by atoms with Crippen molar-refractivity contribution in [3.8, 4) is 11.4 Å². The molecular weight excluding hydrogens is 286 g/mol. The van der Waals surface area contributed by atoms with E-state index in [0.29, 0.717) is 0 Å². The first kappa shape index (κ1) is 15.4. The van der Waals surface area contributed by atoms with Crippen molar-refractivity contribution in [3.63, 3.8) is 0 Å². The summed E-state index contributed by atoms with van der Waals surface area (Å²) < 4.78 is 0. The first-order chi connectivity index (χ1) is 11.2. The standard InChI is InChI=1S/C18H21N5/c1-14-5-3-4-6-17(14)18-19-9-16(10-20-18)13-23(2)8-7-15-11-21-22-12-15/h3-6,9-12H,7-8,13H2,1-2H3,(H,21,22). The number of nitrogens with zero attached hydrogens (tertiary/aromatic N) is 4. The van der Waals surface area contributed by atoms with Gasteiger partial charge in [0, 0.05) is 42.8 Å². The van der Waals surface area contributed by atoms with Crippen molar-refractivity contribution >= 4 is 0 Å². The lowest BCUT2D eigenvalue weighted by atomic mass is 10.1. The van der Waals surface area contributed by atoms with E-state index in [1.165, 1.54) is 11.1 Å². The molecule has 1 N–H and O–H groups in total. The van der Waals surface area contributed by atoms with E-state index in [0.717, 1.165) is 36.5 Å². The topological polar surface area (TPSA) is 57.7 Å². The van der Waals surface area contributed by atoms with Gasteiger partial charge in [0.2, 0.25) is 0 Å². The van der Waals surface area contributed by atoms with E-state index < -0.39 is 0 Å². The van der Waals surface area contributed by atoms with Crippen LogP contribution in [0.25, 0.3) is 11.4 Å². The lowest BCUT2D eigenvalue weighted by molar-refractivity contribution is 0.330. The van der Waals surface area contributed by atoms with E-state index in [-0.39, 0.29) is 0 Å². The van der Waals surface area contributed by atoms with Crippen LogP contribution in [0.2, 0.25) is 0 Å². The van der Waals surface area contributed by atoms with E-state index in [4.69, 9.17) is 0 Å². The summed E-state index contributed by atoms with van der Waals surface area (Å²) in [5.74, 6) is 0.785. The average molecular weight is 307 g/mol. The van der Waals surface area contributed by atoms with Crippen LogP contribution in [-0.4, -0.2) is 38.7 Å². The zero-order valence-electron chi connectivity index (χ0n) is 13.5. The minimum absolute atomic E-state index is 0.785. The fraction of sp³-hybridized carbons (Fsp3) is 0.278. The summed E-state index contributed by atoms with van der Waals surface area (Å²) in [5, 5.41) is 6.81. The van der Waals surface area contributed by atoms with Gasteiger partial charge in [0.25, 0.3) is 0 Å². The Bertz CT molecular complexity index is 734. The summed E-state index contributed by atoms with van der Waals surface area (Å²) in [6, 6.07) is 8.18. The van der Waals surface area contributed by atoms with Crippen LogP contribution in [0, 0.1) is 6.92 Å². The highest BCUT2D eigenvalue weighted by molar-refractivity contribution is 5.59. The highest BCUT2D eigenvalue weighted by atomic mass is 15.1. The third-order valence-corrected chi connectivity index (χ3v) is 3.88. The maximum atomic E-state index is 4.52. The average Bonchev–Trinajstić information content (AvgIpc) is 3.08. The van der Waals surface area contributed by atoms with Crippen molar-refractivity contribution < 1.29 is 0 Å². The Hall–Kier alpha value is -2.53. The summed E-state index contributed by atoms with van der Waals surface area (Å²) >= 11 is 0. The molecular formula is C18H21N5. The third kappa shape index (κ3) is 4.02. The molecule has 0 aliphatic carbocycles. The molecule has 0 unspecified atom stereocenters. The van der Waals surface area contributed by atoms with E-state index in [2.05, 4.69) is 51.2 Å². The summed E-state index contributed by atoms with van der Waals surface area (Å²) in [6.45, 7) is 3.89. The molecule has 0 fully saturated rings. The normalized spacial score (nSPS) is 11.1. The fourth-order valence-electron chi connectivity index (χ4n) is 2.52. The van der Waals surface area contributed by atoms with Crippen molar-refractivity contribution in [1.82, 2.24) is 25.1 Å². The first-order valence-corrected chi connectivity index (χ1v) is 7.75. The van der Waals surface area contributed by atoms with Gasteiger partial charge in [-0.15, -0.1) is 0 Å². The minimum atomic E-state index is 0.785. The summed E-state index contributed by atoms with van der Waals surface area (Å²) in [7, 11) is 2.11. The Balaban J connectivity index is 1.60. The molecule has 0 bridgehead atoms. The van der Waals surface area contributed by atoms with Gasteiger partial charge in [-0.05, 0) is 31.5 Å². The molecule has 0 aliphatic rings. The number of aromatic nitrogens is 4. The maximum absolute atomic E-state index is 4.52. The van der Waals surface area contributed by atoms with Gasteiger partial charge in [0.15, 0.2) is 5.82 Å². The van der Waals surface area contributed by atoms with Crippen molar-refractivity contribution in [3.05, 3.63) is 65.7 Å². The molecule has 3 aromatic rings. The number of benzene rings is 1. The Labute approximate surface area is 136 Å². The molecule has 5 heteroatoms.